The van der Waals surface area contributed by atoms with Gasteiger partial charge in [-0.15, -0.1) is 11.3 Å². The fourth-order valence-corrected chi connectivity index (χ4v) is 4.63. The highest BCUT2D eigenvalue weighted by molar-refractivity contribution is 7.12. The van der Waals surface area contributed by atoms with Crippen LogP contribution >= 0.6 is 11.3 Å². The first-order valence-electron chi connectivity index (χ1n) is 9.24. The Labute approximate surface area is 159 Å². The summed E-state index contributed by atoms with van der Waals surface area (Å²) in [5.74, 6) is 0.930. The molecule has 2 atom stereocenters. The molecule has 0 bridgehead atoms. The van der Waals surface area contributed by atoms with Crippen LogP contribution in [0.2, 0.25) is 0 Å². The third kappa shape index (κ3) is 3.41. The van der Waals surface area contributed by atoms with E-state index in [0.717, 1.165) is 23.5 Å². The molecule has 1 aromatic heterocycles. The SMILES string of the molecule is CN(C)C1CC=C(C2CNc3ccc(NC(=N)c4cccs4)cc32)CC1. The third-order valence-corrected chi connectivity index (χ3v) is 6.44. The molecule has 1 aliphatic carbocycles. The second kappa shape index (κ2) is 7.25. The van der Waals surface area contributed by atoms with Crippen LogP contribution in [0.5, 0.6) is 0 Å². The Balaban J connectivity index is 1.52. The summed E-state index contributed by atoms with van der Waals surface area (Å²) in [5, 5.41) is 17.1. The Morgan fingerprint density at radius 3 is 2.88 bits per heavy atom. The normalized spacial score (nSPS) is 21.9. The minimum absolute atomic E-state index is 0.464. The molecule has 2 aromatic rings. The molecule has 2 heterocycles. The quantitative estimate of drug-likeness (QED) is 0.416. The third-order valence-electron chi connectivity index (χ3n) is 5.56. The molecule has 5 heteroatoms. The number of amidine groups is 1. The fourth-order valence-electron chi connectivity index (χ4n) is 4.00. The van der Waals surface area contributed by atoms with Crippen LogP contribution in [0.25, 0.3) is 0 Å². The van der Waals surface area contributed by atoms with Crippen LogP contribution in [0.3, 0.4) is 0 Å². The van der Waals surface area contributed by atoms with Crippen LogP contribution in [0.4, 0.5) is 11.4 Å². The number of hydrogen-bond acceptors (Lipinski definition) is 4. The first-order chi connectivity index (χ1) is 12.6. The van der Waals surface area contributed by atoms with Gasteiger partial charge >= 0.3 is 0 Å². The van der Waals surface area contributed by atoms with Gasteiger partial charge in [0.25, 0.3) is 0 Å². The fraction of sp³-hybridized carbons (Fsp3) is 0.381. The molecule has 0 saturated heterocycles. The lowest BCUT2D eigenvalue weighted by atomic mass is 9.84. The summed E-state index contributed by atoms with van der Waals surface area (Å²) in [6.45, 7) is 0.986. The number of nitrogens with zero attached hydrogens (tertiary/aromatic N) is 1. The van der Waals surface area contributed by atoms with Gasteiger partial charge in [0.1, 0.15) is 5.84 Å². The van der Waals surface area contributed by atoms with E-state index in [9.17, 15) is 0 Å². The molecular formula is C21H26N4S. The molecule has 0 amide bonds. The van der Waals surface area contributed by atoms with Crippen LogP contribution < -0.4 is 10.6 Å². The molecule has 0 spiro atoms. The van der Waals surface area contributed by atoms with Crippen LogP contribution in [0, 0.1) is 5.41 Å². The number of rotatable bonds is 4. The molecular weight excluding hydrogens is 340 g/mol. The van der Waals surface area contributed by atoms with E-state index in [1.54, 1.807) is 16.9 Å². The van der Waals surface area contributed by atoms with Crippen molar-refractivity contribution in [3.63, 3.8) is 0 Å². The Morgan fingerprint density at radius 2 is 2.19 bits per heavy atom. The zero-order valence-corrected chi connectivity index (χ0v) is 16.2. The molecule has 26 heavy (non-hydrogen) atoms. The molecule has 2 unspecified atom stereocenters. The molecule has 1 aliphatic heterocycles. The van der Waals surface area contributed by atoms with E-state index in [1.165, 1.54) is 24.1 Å². The second-order valence-corrected chi connectivity index (χ2v) is 8.33. The number of nitrogens with one attached hydrogen (secondary N) is 3. The number of benzene rings is 1. The predicted molar refractivity (Wildman–Crippen MR) is 112 cm³/mol. The van der Waals surface area contributed by atoms with Gasteiger partial charge in [0.05, 0.1) is 4.88 Å². The molecule has 3 N–H and O–H groups in total. The Hall–Kier alpha value is -2.11. The Bertz CT molecular complexity index is 823. The van der Waals surface area contributed by atoms with Gasteiger partial charge in [-0.3, -0.25) is 5.41 Å². The summed E-state index contributed by atoms with van der Waals surface area (Å²) in [6, 6.07) is 11.1. The first kappa shape index (κ1) is 17.3. The summed E-state index contributed by atoms with van der Waals surface area (Å²) in [7, 11) is 4.35. The maximum Gasteiger partial charge on any atom is 0.140 e. The van der Waals surface area contributed by atoms with Crippen LogP contribution in [0.1, 0.15) is 35.6 Å². The summed E-state index contributed by atoms with van der Waals surface area (Å²) in [6.07, 6.45) is 6.03. The van der Waals surface area contributed by atoms with Gasteiger partial charge in [0.2, 0.25) is 0 Å². The lowest BCUT2D eigenvalue weighted by Crippen LogP contribution is -2.29. The molecule has 1 aromatic carbocycles. The standard InChI is InChI=1S/C21H26N4S/c1-25(2)16-8-5-14(6-9-16)18-13-23-19-10-7-15(12-17(18)19)24-21(22)20-4-3-11-26-20/h3-5,7,10-12,16,18,23H,6,8-9,13H2,1-2H3,(H2,22,24). The van der Waals surface area contributed by atoms with E-state index in [0.29, 0.717) is 17.8 Å². The molecule has 4 nitrogen and oxygen atoms in total. The van der Waals surface area contributed by atoms with Gasteiger partial charge in [-0.2, -0.15) is 0 Å². The largest absolute Gasteiger partial charge is 0.384 e. The Morgan fingerprint density at radius 1 is 1.31 bits per heavy atom. The minimum atomic E-state index is 0.464. The molecule has 4 rings (SSSR count). The minimum Gasteiger partial charge on any atom is -0.384 e. The van der Waals surface area contributed by atoms with Gasteiger partial charge < -0.3 is 15.5 Å². The highest BCUT2D eigenvalue weighted by atomic mass is 32.1. The number of anilines is 2. The van der Waals surface area contributed by atoms with Crippen molar-refractivity contribution >= 4 is 28.5 Å². The summed E-state index contributed by atoms with van der Waals surface area (Å²) < 4.78 is 0. The van der Waals surface area contributed by atoms with E-state index in [4.69, 9.17) is 5.41 Å². The van der Waals surface area contributed by atoms with Crippen molar-refractivity contribution in [3.05, 3.63) is 57.8 Å². The maximum absolute atomic E-state index is 8.26. The van der Waals surface area contributed by atoms with E-state index in [2.05, 4.69) is 53.9 Å². The highest BCUT2D eigenvalue weighted by Crippen LogP contribution is 2.41. The summed E-state index contributed by atoms with van der Waals surface area (Å²) >= 11 is 1.59. The van der Waals surface area contributed by atoms with Gasteiger partial charge in [-0.05, 0) is 68.6 Å². The lowest BCUT2D eigenvalue weighted by molar-refractivity contribution is 0.271. The predicted octanol–water partition coefficient (Wildman–Crippen LogP) is 4.74. The van der Waals surface area contributed by atoms with E-state index in [-0.39, 0.29) is 0 Å². The van der Waals surface area contributed by atoms with Crippen molar-refractivity contribution < 1.29 is 0 Å². The van der Waals surface area contributed by atoms with E-state index < -0.39 is 0 Å². The molecule has 2 aliphatic rings. The molecule has 0 fully saturated rings. The molecule has 0 saturated carbocycles. The van der Waals surface area contributed by atoms with Crippen LogP contribution in [0.15, 0.2) is 47.4 Å². The average Bonchev–Trinajstić information content (AvgIpc) is 3.31. The summed E-state index contributed by atoms with van der Waals surface area (Å²) in [5.41, 5.74) is 5.17. The van der Waals surface area contributed by atoms with Crippen molar-refractivity contribution in [2.75, 3.05) is 31.3 Å². The van der Waals surface area contributed by atoms with Crippen molar-refractivity contribution in [3.8, 4) is 0 Å². The van der Waals surface area contributed by atoms with Crippen molar-refractivity contribution in [2.24, 2.45) is 0 Å². The topological polar surface area (TPSA) is 51.1 Å². The van der Waals surface area contributed by atoms with E-state index in [1.807, 2.05) is 17.5 Å². The van der Waals surface area contributed by atoms with Crippen molar-refractivity contribution in [2.45, 2.75) is 31.2 Å². The smallest absolute Gasteiger partial charge is 0.140 e. The second-order valence-electron chi connectivity index (χ2n) is 7.38. The van der Waals surface area contributed by atoms with Gasteiger partial charge in [0.15, 0.2) is 0 Å². The maximum atomic E-state index is 8.26. The van der Waals surface area contributed by atoms with Crippen LogP contribution in [-0.2, 0) is 0 Å². The zero-order valence-electron chi connectivity index (χ0n) is 15.4. The first-order valence-corrected chi connectivity index (χ1v) is 10.1. The number of hydrogen-bond donors (Lipinski definition) is 3. The van der Waals surface area contributed by atoms with Crippen molar-refractivity contribution in [1.82, 2.24) is 4.90 Å². The number of fused-ring (bicyclic) bond motifs is 1. The lowest BCUT2D eigenvalue weighted by Gasteiger charge is -2.29. The van der Waals surface area contributed by atoms with Crippen molar-refractivity contribution in [1.29, 1.82) is 5.41 Å². The highest BCUT2D eigenvalue weighted by Gasteiger charge is 2.28. The Kier molecular flexibility index (Phi) is 4.83. The average molecular weight is 367 g/mol. The van der Waals surface area contributed by atoms with Gasteiger partial charge in [-0.1, -0.05) is 17.7 Å². The molecule has 0 radical (unpaired) electrons. The zero-order chi connectivity index (χ0) is 18.1. The monoisotopic (exact) mass is 366 g/mol. The van der Waals surface area contributed by atoms with Gasteiger partial charge in [-0.25, -0.2) is 0 Å². The van der Waals surface area contributed by atoms with E-state index >= 15 is 0 Å². The van der Waals surface area contributed by atoms with Crippen LogP contribution in [-0.4, -0.2) is 37.4 Å². The van der Waals surface area contributed by atoms with Gasteiger partial charge in [0, 0.05) is 29.9 Å². The molecule has 136 valence electrons. The summed E-state index contributed by atoms with van der Waals surface area (Å²) in [4.78, 5) is 3.30. The number of thiophene rings is 1.